The first-order valence-electron chi connectivity index (χ1n) is 5.07. The molecule has 0 aromatic rings. The van der Waals surface area contributed by atoms with Crippen LogP contribution >= 0.6 is 0 Å². The van der Waals surface area contributed by atoms with E-state index in [0.29, 0.717) is 0 Å². The average Bonchev–Trinajstić information content (AvgIpc) is 2.15. The Morgan fingerprint density at radius 2 is 0.929 bits per heavy atom. The van der Waals surface area contributed by atoms with Crippen LogP contribution in [0, 0.1) is 0 Å². The van der Waals surface area contributed by atoms with Gasteiger partial charge in [-0.05, 0) is 25.7 Å². The molecule has 14 heavy (non-hydrogen) atoms. The van der Waals surface area contributed by atoms with Crippen molar-refractivity contribution in [1.29, 1.82) is 0 Å². The van der Waals surface area contributed by atoms with Crippen LogP contribution in [0.25, 0.3) is 0 Å². The van der Waals surface area contributed by atoms with Gasteiger partial charge in [0.2, 0.25) is 0 Å². The molecular weight excluding hydrogens is 227 g/mol. The maximum absolute atomic E-state index is 6.27. The van der Waals surface area contributed by atoms with E-state index in [1.54, 1.807) is 0 Å². The molecule has 0 radical (unpaired) electrons. The first-order valence-corrected chi connectivity index (χ1v) is 5.07. The minimum Gasteiger partial charge on any atom is -1.00 e. The van der Waals surface area contributed by atoms with Gasteiger partial charge in [-0.2, -0.15) is 0 Å². The normalized spacial score (nSPS) is 11.6. The molecule has 84 valence electrons. The zero-order valence-electron chi connectivity index (χ0n) is 11.3. The quantitative estimate of drug-likeness (QED) is 0.625. The van der Waals surface area contributed by atoms with E-state index in [-0.39, 0.29) is 59.1 Å². The fraction of sp³-hybridized carbons (Fsp3) is 1.00. The largest absolute Gasteiger partial charge is 1.00 e. The van der Waals surface area contributed by atoms with Gasteiger partial charge in [0.25, 0.3) is 0 Å². The van der Waals surface area contributed by atoms with Gasteiger partial charge in [0, 0.05) is 28.1 Å². The molecular formula is C10H25FeN2Na. The van der Waals surface area contributed by atoms with Gasteiger partial charge < -0.3 is 12.9 Å². The van der Waals surface area contributed by atoms with Crippen molar-refractivity contribution < 1.29 is 48.1 Å². The van der Waals surface area contributed by atoms with E-state index in [2.05, 4.69) is 27.7 Å². The van der Waals surface area contributed by atoms with Crippen molar-refractivity contribution in [2.75, 3.05) is 0 Å². The van der Waals surface area contributed by atoms with E-state index in [4.69, 9.17) is 11.5 Å². The second-order valence-electron chi connectivity index (χ2n) is 3.73. The topological polar surface area (TPSA) is 52.0 Å². The van der Waals surface area contributed by atoms with Crippen molar-refractivity contribution in [3.05, 3.63) is 0 Å². The Labute approximate surface area is 123 Å². The van der Waals surface area contributed by atoms with Crippen LogP contribution in [-0.2, 0) is 17.1 Å². The van der Waals surface area contributed by atoms with Crippen molar-refractivity contribution in [2.45, 2.75) is 64.5 Å². The van der Waals surface area contributed by atoms with Gasteiger partial charge >= 0.3 is 29.6 Å². The summed E-state index contributed by atoms with van der Waals surface area (Å²) in [7, 11) is 0. The summed E-state index contributed by atoms with van der Waals surface area (Å²) in [5.74, 6) is 0. The van der Waals surface area contributed by atoms with E-state index in [1.165, 1.54) is 0 Å². The molecule has 4 N–H and O–H groups in total. The van der Waals surface area contributed by atoms with E-state index < -0.39 is 0 Å². The third-order valence-electron chi connectivity index (χ3n) is 3.52. The predicted octanol–water partition coefficient (Wildman–Crippen LogP) is -0.865. The molecule has 0 saturated heterocycles. The molecule has 4 heteroatoms. The van der Waals surface area contributed by atoms with Crippen molar-refractivity contribution in [3.63, 3.8) is 0 Å². The summed E-state index contributed by atoms with van der Waals surface area (Å²) in [5, 5.41) is 0. The fourth-order valence-corrected chi connectivity index (χ4v) is 1.91. The molecule has 0 fully saturated rings. The molecule has 0 saturated carbocycles. The smallest absolute Gasteiger partial charge is 1.00 e. The molecule has 0 aliphatic carbocycles. The molecule has 0 unspecified atom stereocenters. The molecule has 0 aromatic carbocycles. The first kappa shape index (κ1) is 20.8. The maximum Gasteiger partial charge on any atom is 1.00 e. The summed E-state index contributed by atoms with van der Waals surface area (Å²) in [6, 6.07) is 0. The van der Waals surface area contributed by atoms with E-state index in [9.17, 15) is 0 Å². The van der Waals surface area contributed by atoms with Gasteiger partial charge in [-0.15, -0.1) is 0 Å². The van der Waals surface area contributed by atoms with E-state index in [1.807, 2.05) is 0 Å². The standard InChI is InChI=1S/C10H24N2.Fe.Na.H/c1-5-9(11,6-2)10(12,7-3)8-4;;;/h5-8,11-12H2,1-4H3;;;/q;;+1;-1. The van der Waals surface area contributed by atoms with Crippen LogP contribution in [0.5, 0.6) is 0 Å². The Morgan fingerprint density at radius 3 is 1.00 bits per heavy atom. The van der Waals surface area contributed by atoms with Crippen LogP contribution in [0.4, 0.5) is 0 Å². The van der Waals surface area contributed by atoms with Crippen LogP contribution in [0.1, 0.15) is 54.8 Å². The minimum atomic E-state index is -0.184. The molecule has 0 aromatic heterocycles. The van der Waals surface area contributed by atoms with Gasteiger partial charge in [0.1, 0.15) is 0 Å². The second-order valence-corrected chi connectivity index (χ2v) is 3.73. The summed E-state index contributed by atoms with van der Waals surface area (Å²) in [6.07, 6.45) is 3.84. The summed E-state index contributed by atoms with van der Waals surface area (Å²) >= 11 is 0. The molecule has 0 aliphatic rings. The van der Waals surface area contributed by atoms with Crippen LogP contribution < -0.4 is 41.0 Å². The Kier molecular flexibility index (Phi) is 12.7. The van der Waals surface area contributed by atoms with E-state index >= 15 is 0 Å². The number of nitrogens with two attached hydrogens (primary N) is 2. The molecule has 2 nitrogen and oxygen atoms in total. The number of hydrogen-bond donors (Lipinski definition) is 2. The third-order valence-corrected chi connectivity index (χ3v) is 3.52. The average molecular weight is 252 g/mol. The molecule has 0 amide bonds. The maximum atomic E-state index is 6.27. The predicted molar refractivity (Wildman–Crippen MR) is 56.1 cm³/mol. The van der Waals surface area contributed by atoms with Gasteiger partial charge in [0.05, 0.1) is 0 Å². The molecule has 0 atom stereocenters. The fourth-order valence-electron chi connectivity index (χ4n) is 1.91. The summed E-state index contributed by atoms with van der Waals surface area (Å²) in [4.78, 5) is 0. The SMILES string of the molecule is CCC(N)(CC)C(N)(CC)CC.[Fe].[H-].[Na+]. The van der Waals surface area contributed by atoms with Crippen molar-refractivity contribution in [3.8, 4) is 0 Å². The Bertz CT molecular complexity index is 123. The van der Waals surface area contributed by atoms with Crippen molar-refractivity contribution >= 4 is 0 Å². The van der Waals surface area contributed by atoms with Crippen LogP contribution in [-0.4, -0.2) is 11.1 Å². The number of rotatable bonds is 5. The zero-order valence-corrected chi connectivity index (χ0v) is 13.4. The van der Waals surface area contributed by atoms with Crippen LogP contribution in [0.3, 0.4) is 0 Å². The summed E-state index contributed by atoms with van der Waals surface area (Å²) < 4.78 is 0. The Hall–Kier alpha value is 1.44. The molecule has 0 heterocycles. The monoisotopic (exact) mass is 252 g/mol. The van der Waals surface area contributed by atoms with Gasteiger partial charge in [-0.1, -0.05) is 27.7 Å². The molecule has 0 rings (SSSR count). The van der Waals surface area contributed by atoms with Crippen LogP contribution in [0.15, 0.2) is 0 Å². The van der Waals surface area contributed by atoms with Crippen molar-refractivity contribution in [1.82, 2.24) is 0 Å². The second kappa shape index (κ2) is 8.58. The minimum absolute atomic E-state index is 0. The molecule has 0 aliphatic heterocycles. The molecule has 0 spiro atoms. The Morgan fingerprint density at radius 1 is 0.786 bits per heavy atom. The van der Waals surface area contributed by atoms with Gasteiger partial charge in [0.15, 0.2) is 0 Å². The summed E-state index contributed by atoms with van der Waals surface area (Å²) in [5.41, 5.74) is 12.2. The Balaban J connectivity index is -0.000000202. The first-order chi connectivity index (χ1) is 5.49. The van der Waals surface area contributed by atoms with Crippen LogP contribution in [0.2, 0.25) is 0 Å². The van der Waals surface area contributed by atoms with Crippen molar-refractivity contribution in [2.24, 2.45) is 11.5 Å². The third kappa shape index (κ3) is 4.13. The van der Waals surface area contributed by atoms with Gasteiger partial charge in [-0.3, -0.25) is 0 Å². The zero-order chi connectivity index (χ0) is 9.83. The molecule has 0 bridgehead atoms. The summed E-state index contributed by atoms with van der Waals surface area (Å²) in [6.45, 7) is 8.49. The number of hydrogen-bond acceptors (Lipinski definition) is 2. The van der Waals surface area contributed by atoms with Gasteiger partial charge in [-0.25, -0.2) is 0 Å². The van der Waals surface area contributed by atoms with E-state index in [0.717, 1.165) is 25.7 Å².